The summed E-state index contributed by atoms with van der Waals surface area (Å²) in [5.74, 6) is -2.33. The summed E-state index contributed by atoms with van der Waals surface area (Å²) in [7, 11) is 0. The second kappa shape index (κ2) is 2.90. The number of nitrogens with zero attached hydrogens (tertiary/aromatic N) is 3. The second-order valence-electron chi connectivity index (χ2n) is 2.86. The van der Waals surface area contributed by atoms with Gasteiger partial charge < -0.3 is 5.53 Å². The molecule has 0 radical (unpaired) electrons. The van der Waals surface area contributed by atoms with Crippen LogP contribution in [0.25, 0.3) is 5.53 Å². The van der Waals surface area contributed by atoms with E-state index in [-0.39, 0.29) is 5.71 Å². The van der Waals surface area contributed by atoms with Crippen molar-refractivity contribution in [1.82, 2.24) is 4.42 Å². The number of amides is 1. The van der Waals surface area contributed by atoms with Crippen molar-refractivity contribution < 1.29 is 14.4 Å². The molecule has 1 amide bonds. The molecular weight excluding hydrogens is 206 g/mol. The van der Waals surface area contributed by atoms with Crippen LogP contribution in [0, 0.1) is 5.92 Å². The van der Waals surface area contributed by atoms with Crippen molar-refractivity contribution in [3.8, 4) is 0 Å². The van der Waals surface area contributed by atoms with Crippen molar-refractivity contribution in [2.24, 2.45) is 5.92 Å². The summed E-state index contributed by atoms with van der Waals surface area (Å²) in [6.45, 7) is 0. The molecule has 1 aliphatic heterocycles. The van der Waals surface area contributed by atoms with E-state index in [0.29, 0.717) is 5.70 Å². The van der Waals surface area contributed by atoms with Crippen LogP contribution in [0.5, 0.6) is 0 Å². The van der Waals surface area contributed by atoms with Gasteiger partial charge in [-0.1, -0.05) is 6.08 Å². The number of ketones is 1. The third-order valence-electron chi connectivity index (χ3n) is 2.12. The monoisotopic (exact) mass is 209 g/mol. The normalized spacial score (nSPS) is 24.9. The largest absolute Gasteiger partial charge is 0.361 e. The number of halogens is 1. The molecule has 1 saturated heterocycles. The number of rotatable bonds is 0. The predicted molar refractivity (Wildman–Crippen MR) is 47.0 cm³/mol. The maximum atomic E-state index is 11.4. The quantitative estimate of drug-likeness (QED) is 0.249. The minimum atomic E-state index is -0.852. The van der Waals surface area contributed by atoms with Gasteiger partial charge in [-0.15, -0.1) is 0 Å². The van der Waals surface area contributed by atoms with Gasteiger partial charge in [0, 0.05) is 17.9 Å². The van der Waals surface area contributed by atoms with Gasteiger partial charge in [0.05, 0.1) is 5.70 Å². The van der Waals surface area contributed by atoms with Gasteiger partial charge in [-0.25, -0.2) is 4.42 Å². The molecule has 0 aromatic heterocycles. The van der Waals surface area contributed by atoms with Crippen molar-refractivity contribution in [3.05, 3.63) is 29.5 Å². The molecular formula is C8H4ClN3O2. The average Bonchev–Trinajstić information content (AvgIpc) is 2.44. The highest BCUT2D eigenvalue weighted by Gasteiger charge is 2.49. The molecule has 6 heteroatoms. The highest BCUT2D eigenvalue weighted by molar-refractivity contribution is 6.51. The van der Waals surface area contributed by atoms with Crippen LogP contribution in [0.1, 0.15) is 0 Å². The van der Waals surface area contributed by atoms with Crippen LogP contribution >= 0.6 is 11.8 Å². The molecule has 0 aromatic carbocycles. The molecule has 0 aromatic rings. The first-order chi connectivity index (χ1) is 6.66. The van der Waals surface area contributed by atoms with E-state index in [0.717, 1.165) is 4.42 Å². The molecule has 1 aliphatic carbocycles. The fourth-order valence-corrected chi connectivity index (χ4v) is 1.70. The van der Waals surface area contributed by atoms with Crippen molar-refractivity contribution in [1.29, 1.82) is 0 Å². The lowest BCUT2D eigenvalue weighted by molar-refractivity contribution is -0.138. The fourth-order valence-electron chi connectivity index (χ4n) is 1.47. The first-order valence-corrected chi connectivity index (χ1v) is 4.15. The standard InChI is InChI=1S/C8H4ClN3O2/c9-12-5-3-1-2-4(11-10)6(5)7(13)8(12)14/h1-3,6H. The summed E-state index contributed by atoms with van der Waals surface area (Å²) in [5, 5.41) is 0. The number of fused-ring (bicyclic) bond motifs is 1. The van der Waals surface area contributed by atoms with Crippen LogP contribution < -0.4 is 0 Å². The van der Waals surface area contributed by atoms with Gasteiger partial charge in [-0.05, 0) is 6.08 Å². The number of Topliss-reactive ketones (excluding diaryl/α,β-unsaturated/α-hetero) is 1. The molecule has 1 unspecified atom stereocenters. The topological polar surface area (TPSA) is 73.8 Å². The molecule has 1 atom stereocenters. The van der Waals surface area contributed by atoms with E-state index in [4.69, 9.17) is 17.3 Å². The third-order valence-corrected chi connectivity index (χ3v) is 2.47. The molecule has 0 bridgehead atoms. The Morgan fingerprint density at radius 3 is 2.86 bits per heavy atom. The number of carbonyl (C=O) groups is 2. The smallest absolute Gasteiger partial charge is 0.310 e. The summed E-state index contributed by atoms with van der Waals surface area (Å²) in [6.07, 6.45) is 4.55. The Kier molecular flexibility index (Phi) is 1.84. The summed E-state index contributed by atoms with van der Waals surface area (Å²) in [6, 6.07) is 0. The van der Waals surface area contributed by atoms with Crippen LogP contribution in [0.3, 0.4) is 0 Å². The van der Waals surface area contributed by atoms with Crippen LogP contribution in [-0.2, 0) is 9.59 Å². The third kappa shape index (κ3) is 0.968. The lowest BCUT2D eigenvalue weighted by Gasteiger charge is -2.09. The average molecular weight is 210 g/mol. The molecule has 70 valence electrons. The van der Waals surface area contributed by atoms with Crippen molar-refractivity contribution in [2.75, 3.05) is 0 Å². The Balaban J connectivity index is 2.58. The van der Waals surface area contributed by atoms with Crippen LogP contribution in [-0.4, -0.2) is 26.6 Å². The summed E-state index contributed by atoms with van der Waals surface area (Å²) in [5.41, 5.74) is 9.07. The molecule has 14 heavy (non-hydrogen) atoms. The van der Waals surface area contributed by atoms with E-state index in [1.807, 2.05) is 0 Å². The van der Waals surface area contributed by atoms with Gasteiger partial charge in [0.2, 0.25) is 5.78 Å². The van der Waals surface area contributed by atoms with Gasteiger partial charge in [0.1, 0.15) is 0 Å². The van der Waals surface area contributed by atoms with Gasteiger partial charge in [0.15, 0.2) is 5.92 Å². The van der Waals surface area contributed by atoms with Gasteiger partial charge >= 0.3 is 11.6 Å². The van der Waals surface area contributed by atoms with Crippen LogP contribution in [0.4, 0.5) is 0 Å². The molecule has 2 rings (SSSR count). The van der Waals surface area contributed by atoms with E-state index in [2.05, 4.69) is 4.79 Å². The first-order valence-electron chi connectivity index (χ1n) is 3.81. The Bertz CT molecular complexity index is 446. The van der Waals surface area contributed by atoms with Crippen LogP contribution in [0.15, 0.2) is 23.9 Å². The lowest BCUT2D eigenvalue weighted by Crippen LogP contribution is -2.23. The summed E-state index contributed by atoms with van der Waals surface area (Å²) < 4.78 is 0.752. The second-order valence-corrected chi connectivity index (χ2v) is 3.20. The molecule has 2 aliphatic rings. The number of carbonyl (C=O) groups excluding carboxylic acids is 2. The van der Waals surface area contributed by atoms with E-state index >= 15 is 0 Å². The Hall–Kier alpha value is -1.71. The first kappa shape index (κ1) is 8.87. The van der Waals surface area contributed by atoms with E-state index in [9.17, 15) is 9.59 Å². The maximum Gasteiger partial charge on any atom is 0.310 e. The lowest BCUT2D eigenvalue weighted by atomic mass is 9.94. The highest BCUT2D eigenvalue weighted by atomic mass is 35.5. The molecule has 0 saturated carbocycles. The SMILES string of the molecule is [N-]=[N+]=C1C=CC=C2C1C(=O)C(=O)N2Cl. The molecule has 1 fully saturated rings. The number of hydrogen-bond donors (Lipinski definition) is 0. The van der Waals surface area contributed by atoms with Crippen molar-refractivity contribution in [3.63, 3.8) is 0 Å². The van der Waals surface area contributed by atoms with E-state index in [1.54, 1.807) is 6.08 Å². The van der Waals surface area contributed by atoms with E-state index in [1.165, 1.54) is 12.2 Å². The van der Waals surface area contributed by atoms with E-state index < -0.39 is 17.6 Å². The molecule has 0 N–H and O–H groups in total. The predicted octanol–water partition coefficient (Wildman–Crippen LogP) is 0.292. The fraction of sp³-hybridized carbons (Fsp3) is 0.125. The molecule has 5 nitrogen and oxygen atoms in total. The number of allylic oxidation sites excluding steroid dienone is 4. The zero-order valence-corrected chi connectivity index (χ0v) is 7.60. The summed E-state index contributed by atoms with van der Waals surface area (Å²) in [4.78, 5) is 25.5. The Labute approximate surface area is 84.0 Å². The van der Waals surface area contributed by atoms with Crippen molar-refractivity contribution in [2.45, 2.75) is 0 Å². The maximum absolute atomic E-state index is 11.4. The Morgan fingerprint density at radius 2 is 2.21 bits per heavy atom. The van der Waals surface area contributed by atoms with Gasteiger partial charge in [0.25, 0.3) is 0 Å². The zero-order valence-electron chi connectivity index (χ0n) is 6.85. The molecule has 1 heterocycles. The summed E-state index contributed by atoms with van der Waals surface area (Å²) >= 11 is 5.58. The van der Waals surface area contributed by atoms with Gasteiger partial charge in [-0.2, -0.15) is 4.79 Å². The van der Waals surface area contributed by atoms with Crippen molar-refractivity contribution >= 4 is 29.2 Å². The minimum absolute atomic E-state index is 0.129. The minimum Gasteiger partial charge on any atom is -0.361 e. The highest BCUT2D eigenvalue weighted by Crippen LogP contribution is 2.31. The van der Waals surface area contributed by atoms with Gasteiger partial charge in [-0.3, -0.25) is 9.59 Å². The van der Waals surface area contributed by atoms with Crippen LogP contribution in [0.2, 0.25) is 0 Å². The Morgan fingerprint density at radius 1 is 1.50 bits per heavy atom. The molecule has 0 spiro atoms. The zero-order chi connectivity index (χ0) is 10.3. The number of hydrogen-bond acceptors (Lipinski definition) is 2.